The zero-order chi connectivity index (χ0) is 49.2. The zero-order valence-electron chi connectivity index (χ0n) is 44.8. The fourth-order valence-corrected chi connectivity index (χ4v) is 7.82. The zero-order valence-corrected chi connectivity index (χ0v) is 44.8. The van der Waals surface area contributed by atoms with Crippen LogP contribution in [0, 0.1) is 0 Å². The minimum Gasteiger partial charge on any atom is -0.462 e. The summed E-state index contributed by atoms with van der Waals surface area (Å²) in [5.41, 5.74) is 0. The number of carbonyl (C=O) groups is 2. The van der Waals surface area contributed by atoms with Crippen molar-refractivity contribution in [1.82, 2.24) is 0 Å². The van der Waals surface area contributed by atoms with Crippen molar-refractivity contribution >= 4 is 11.9 Å². The van der Waals surface area contributed by atoms with Gasteiger partial charge in [-0.15, -0.1) is 0 Å². The molecule has 0 bridgehead atoms. The number of allylic oxidation sites excluding steroid dienone is 16. The van der Waals surface area contributed by atoms with Gasteiger partial charge in [0.25, 0.3) is 0 Å². The molecule has 0 spiro atoms. The van der Waals surface area contributed by atoms with Crippen molar-refractivity contribution in [2.75, 3.05) is 19.8 Å². The van der Waals surface area contributed by atoms with Gasteiger partial charge in [0.2, 0.25) is 0 Å². The van der Waals surface area contributed by atoms with Crippen LogP contribution < -0.4 is 0 Å². The first-order chi connectivity index (χ1) is 33.6. The lowest BCUT2D eigenvalue weighted by molar-refractivity contribution is -0.162. The monoisotopic (exact) mass is 945 g/mol. The largest absolute Gasteiger partial charge is 0.462 e. The van der Waals surface area contributed by atoms with E-state index in [4.69, 9.17) is 14.2 Å². The molecule has 0 aromatic rings. The Morgan fingerprint density at radius 2 is 0.691 bits per heavy atom. The molecule has 1 atom stereocenters. The molecule has 0 saturated heterocycles. The van der Waals surface area contributed by atoms with Crippen molar-refractivity contribution in [3.8, 4) is 0 Å². The van der Waals surface area contributed by atoms with E-state index in [1.807, 2.05) is 6.08 Å². The molecule has 5 nitrogen and oxygen atoms in total. The second-order valence-corrected chi connectivity index (χ2v) is 18.8. The summed E-state index contributed by atoms with van der Waals surface area (Å²) in [4.78, 5) is 25.4. The van der Waals surface area contributed by atoms with Gasteiger partial charge in [0.15, 0.2) is 6.10 Å². The predicted octanol–water partition coefficient (Wildman–Crippen LogP) is 19.8. The summed E-state index contributed by atoms with van der Waals surface area (Å²) in [6, 6.07) is 0. The third-order valence-corrected chi connectivity index (χ3v) is 12.1. The van der Waals surface area contributed by atoms with Gasteiger partial charge < -0.3 is 14.2 Å². The smallest absolute Gasteiger partial charge is 0.306 e. The average molecular weight is 946 g/mol. The van der Waals surface area contributed by atoms with Crippen LogP contribution in [0.5, 0.6) is 0 Å². The van der Waals surface area contributed by atoms with Gasteiger partial charge in [-0.2, -0.15) is 0 Å². The van der Waals surface area contributed by atoms with E-state index in [0.717, 1.165) is 77.0 Å². The first-order valence-electron chi connectivity index (χ1n) is 28.8. The van der Waals surface area contributed by atoms with Gasteiger partial charge in [-0.05, 0) is 109 Å². The summed E-state index contributed by atoms with van der Waals surface area (Å²) in [5, 5.41) is 0. The Balaban J connectivity index is 4.33. The summed E-state index contributed by atoms with van der Waals surface area (Å²) in [7, 11) is 0. The summed E-state index contributed by atoms with van der Waals surface area (Å²) >= 11 is 0. The van der Waals surface area contributed by atoms with Crippen LogP contribution in [0.2, 0.25) is 0 Å². The van der Waals surface area contributed by atoms with Crippen LogP contribution in [-0.4, -0.2) is 37.9 Å². The van der Waals surface area contributed by atoms with Gasteiger partial charge >= 0.3 is 11.9 Å². The molecule has 0 aliphatic carbocycles. The number of unbranched alkanes of at least 4 members (excludes halogenated alkanes) is 25. The molecule has 0 saturated carbocycles. The molecule has 390 valence electrons. The van der Waals surface area contributed by atoms with Crippen LogP contribution in [0.3, 0.4) is 0 Å². The molecule has 0 aromatic heterocycles. The standard InChI is InChI=1S/C63H108O5/c1-4-7-10-13-16-19-22-25-27-29-31-33-35-37-40-43-46-49-52-55-58-66-59-61(68-63(65)57-54-51-48-45-42-38-24-21-18-15-12-9-6-3)60-67-62(64)56-53-50-47-44-41-39-36-34-32-30-28-26-23-20-17-14-11-8-5-2/h9,12,17-18,20-21,25-28,32,34,38,42,48,51,61H,4-8,10-11,13-16,19,22-24,29-31,33,35-37,39-41,43-47,49-50,52-60H2,1-3H3/b12-9-,20-17-,21-18-,27-25-,28-26-,34-32-,42-38-,51-48-. The third kappa shape index (κ3) is 55.4. The topological polar surface area (TPSA) is 61.8 Å². The van der Waals surface area contributed by atoms with E-state index >= 15 is 0 Å². The molecule has 0 aliphatic heterocycles. The van der Waals surface area contributed by atoms with Crippen molar-refractivity contribution in [2.24, 2.45) is 0 Å². The van der Waals surface area contributed by atoms with E-state index in [-0.39, 0.29) is 25.2 Å². The molecule has 0 fully saturated rings. The molecule has 68 heavy (non-hydrogen) atoms. The van der Waals surface area contributed by atoms with Crippen LogP contribution in [0.4, 0.5) is 0 Å². The summed E-state index contributed by atoms with van der Waals surface area (Å²) in [5.74, 6) is -0.504. The molecule has 0 aliphatic rings. The van der Waals surface area contributed by atoms with Crippen molar-refractivity contribution in [3.63, 3.8) is 0 Å². The van der Waals surface area contributed by atoms with Crippen molar-refractivity contribution in [1.29, 1.82) is 0 Å². The van der Waals surface area contributed by atoms with Gasteiger partial charge in [-0.3, -0.25) is 9.59 Å². The molecule has 0 heterocycles. The molecule has 0 N–H and O–H groups in total. The maximum atomic E-state index is 12.8. The van der Waals surface area contributed by atoms with Crippen molar-refractivity contribution in [3.05, 3.63) is 97.2 Å². The van der Waals surface area contributed by atoms with E-state index in [2.05, 4.69) is 112 Å². The molecule has 1 unspecified atom stereocenters. The first kappa shape index (κ1) is 64.8. The first-order valence-corrected chi connectivity index (χ1v) is 28.8. The molecular weight excluding hydrogens is 837 g/mol. The SMILES string of the molecule is CC/C=C\C/C=C\C/C=C\C/C=C\CCC(=O)OC(COCCCCCCCCCCCC/C=C\CCCCCCCC)COC(=O)CCCCCCCC/C=C\C/C=C\C/C=C\CCCCC. The fraction of sp³-hybridized carbons (Fsp3) is 0.714. The lowest BCUT2D eigenvalue weighted by Gasteiger charge is -2.18. The second kappa shape index (κ2) is 58.1. The molecule has 0 amide bonds. The lowest BCUT2D eigenvalue weighted by Crippen LogP contribution is -2.30. The fourth-order valence-electron chi connectivity index (χ4n) is 7.82. The Kier molecular flexibility index (Phi) is 55.4. The van der Waals surface area contributed by atoms with Gasteiger partial charge in [0.05, 0.1) is 6.61 Å². The summed E-state index contributed by atoms with van der Waals surface area (Å²) < 4.78 is 17.4. The van der Waals surface area contributed by atoms with Crippen LogP contribution in [0.1, 0.15) is 265 Å². The van der Waals surface area contributed by atoms with E-state index < -0.39 is 6.10 Å². The number of rotatable bonds is 52. The molecule has 0 radical (unpaired) electrons. The van der Waals surface area contributed by atoms with Crippen LogP contribution in [-0.2, 0) is 23.8 Å². The molecular formula is C63H108O5. The Labute approximate surface area is 422 Å². The van der Waals surface area contributed by atoms with Gasteiger partial charge in [0, 0.05) is 19.4 Å². The van der Waals surface area contributed by atoms with Gasteiger partial charge in [-0.1, -0.05) is 240 Å². The Bertz CT molecular complexity index is 1300. The van der Waals surface area contributed by atoms with Crippen molar-refractivity contribution < 1.29 is 23.8 Å². The average Bonchev–Trinajstić information content (AvgIpc) is 3.34. The van der Waals surface area contributed by atoms with Gasteiger partial charge in [-0.25, -0.2) is 0 Å². The number of carbonyl (C=O) groups excluding carboxylic acids is 2. The summed E-state index contributed by atoms with van der Waals surface area (Å²) in [6.45, 7) is 7.60. The maximum absolute atomic E-state index is 12.8. The predicted molar refractivity (Wildman–Crippen MR) is 297 cm³/mol. The quantitative estimate of drug-likeness (QED) is 0.0345. The maximum Gasteiger partial charge on any atom is 0.306 e. The lowest BCUT2D eigenvalue weighted by atomic mass is 10.1. The summed E-state index contributed by atoms with van der Waals surface area (Å²) in [6.07, 6.45) is 78.7. The van der Waals surface area contributed by atoms with E-state index in [1.54, 1.807) is 0 Å². The van der Waals surface area contributed by atoms with Gasteiger partial charge in [0.1, 0.15) is 6.61 Å². The highest BCUT2D eigenvalue weighted by atomic mass is 16.6. The van der Waals surface area contributed by atoms with E-state index in [9.17, 15) is 9.59 Å². The molecule has 5 heteroatoms. The number of hydrogen-bond acceptors (Lipinski definition) is 5. The highest BCUT2D eigenvalue weighted by Crippen LogP contribution is 2.14. The van der Waals surface area contributed by atoms with Crippen LogP contribution >= 0.6 is 0 Å². The minimum atomic E-state index is -0.586. The minimum absolute atomic E-state index is 0.0456. The number of hydrogen-bond donors (Lipinski definition) is 0. The van der Waals surface area contributed by atoms with Crippen LogP contribution in [0.15, 0.2) is 97.2 Å². The Hall–Kier alpha value is -3.18. The highest BCUT2D eigenvalue weighted by Gasteiger charge is 2.17. The third-order valence-electron chi connectivity index (χ3n) is 12.1. The van der Waals surface area contributed by atoms with Crippen LogP contribution in [0.25, 0.3) is 0 Å². The molecule has 0 aromatic carbocycles. The number of esters is 2. The molecule has 0 rings (SSSR count). The Morgan fingerprint density at radius 3 is 1.16 bits per heavy atom. The van der Waals surface area contributed by atoms with E-state index in [1.165, 1.54) is 148 Å². The van der Waals surface area contributed by atoms with E-state index in [0.29, 0.717) is 25.9 Å². The number of ether oxygens (including phenoxy) is 3. The van der Waals surface area contributed by atoms with Crippen molar-refractivity contribution in [2.45, 2.75) is 271 Å². The normalized spacial score (nSPS) is 12.9. The second-order valence-electron chi connectivity index (χ2n) is 18.8. The Morgan fingerprint density at radius 1 is 0.338 bits per heavy atom. The highest BCUT2D eigenvalue weighted by molar-refractivity contribution is 5.70.